The van der Waals surface area contributed by atoms with E-state index in [1.54, 1.807) is 6.33 Å². The molecule has 3 heterocycles. The zero-order valence-corrected chi connectivity index (χ0v) is 15.1. The molecule has 0 spiro atoms. The Bertz CT molecular complexity index is 889. The Morgan fingerprint density at radius 3 is 2.36 bits per heavy atom. The molecule has 0 saturated carbocycles. The summed E-state index contributed by atoms with van der Waals surface area (Å²) >= 11 is 0. The number of fused-ring (bicyclic) bond motifs is 1. The summed E-state index contributed by atoms with van der Waals surface area (Å²) in [4.78, 5) is 11.3. The van der Waals surface area contributed by atoms with Gasteiger partial charge in [0.2, 0.25) is 0 Å². The summed E-state index contributed by atoms with van der Waals surface area (Å²) in [5.74, 6) is 0.933. The maximum atomic E-state index is 5.84. The highest BCUT2D eigenvalue weighted by Gasteiger charge is 2.25. The fourth-order valence-corrected chi connectivity index (χ4v) is 3.70. The summed E-state index contributed by atoms with van der Waals surface area (Å²) in [5.41, 5.74) is 4.29. The van der Waals surface area contributed by atoms with Crippen molar-refractivity contribution in [3.8, 4) is 5.69 Å². The van der Waals surface area contributed by atoms with E-state index in [-0.39, 0.29) is 12.2 Å². The summed E-state index contributed by atoms with van der Waals surface area (Å²) in [7, 11) is 0. The predicted octanol–water partition coefficient (Wildman–Crippen LogP) is 3.05. The number of anilines is 1. The molecule has 2 atom stereocenters. The van der Waals surface area contributed by atoms with Gasteiger partial charge < -0.3 is 9.64 Å². The van der Waals surface area contributed by atoms with Gasteiger partial charge >= 0.3 is 0 Å². The van der Waals surface area contributed by atoms with Crippen molar-refractivity contribution < 1.29 is 4.74 Å². The number of hydrogen-bond acceptors (Lipinski definition) is 5. The lowest BCUT2D eigenvalue weighted by atomic mass is 10.1. The molecule has 0 bridgehead atoms. The highest BCUT2D eigenvalue weighted by molar-refractivity contribution is 5.87. The zero-order valence-electron chi connectivity index (χ0n) is 15.1. The van der Waals surface area contributed by atoms with Gasteiger partial charge in [0.25, 0.3) is 0 Å². The second-order valence-electron chi connectivity index (χ2n) is 7.00. The van der Waals surface area contributed by atoms with Gasteiger partial charge in [0, 0.05) is 13.1 Å². The first-order chi connectivity index (χ1) is 12.0. The predicted molar refractivity (Wildman–Crippen MR) is 98.4 cm³/mol. The molecular formula is C19H23N5O. The van der Waals surface area contributed by atoms with Crippen molar-refractivity contribution >= 4 is 16.9 Å². The molecule has 0 unspecified atom stereocenters. The third kappa shape index (κ3) is 2.98. The van der Waals surface area contributed by atoms with E-state index in [0.717, 1.165) is 35.6 Å². The maximum absolute atomic E-state index is 5.84. The summed E-state index contributed by atoms with van der Waals surface area (Å²) in [6.07, 6.45) is 3.86. The van der Waals surface area contributed by atoms with Crippen LogP contribution >= 0.6 is 0 Å². The Kier molecular flexibility index (Phi) is 3.92. The molecule has 6 heteroatoms. The number of ether oxygens (including phenoxy) is 1. The zero-order chi connectivity index (χ0) is 17.6. The van der Waals surface area contributed by atoms with E-state index in [9.17, 15) is 0 Å². The van der Waals surface area contributed by atoms with Gasteiger partial charge in [-0.25, -0.2) is 14.6 Å². The van der Waals surface area contributed by atoms with Crippen LogP contribution in [0.1, 0.15) is 25.0 Å². The van der Waals surface area contributed by atoms with Gasteiger partial charge in [0.15, 0.2) is 5.65 Å². The molecule has 1 aliphatic heterocycles. The monoisotopic (exact) mass is 337 g/mol. The minimum atomic E-state index is 0.184. The Morgan fingerprint density at radius 1 is 1.00 bits per heavy atom. The van der Waals surface area contributed by atoms with Gasteiger partial charge in [0.1, 0.15) is 12.1 Å². The second-order valence-corrected chi connectivity index (χ2v) is 7.00. The lowest BCUT2D eigenvalue weighted by Gasteiger charge is -2.36. The smallest absolute Gasteiger partial charge is 0.168 e. The van der Waals surface area contributed by atoms with Crippen molar-refractivity contribution in [2.45, 2.75) is 39.9 Å². The number of morpholine rings is 1. The van der Waals surface area contributed by atoms with Gasteiger partial charge in [-0.15, -0.1) is 0 Å². The van der Waals surface area contributed by atoms with Crippen molar-refractivity contribution in [2.75, 3.05) is 18.0 Å². The second kappa shape index (κ2) is 6.11. The Hall–Kier alpha value is -2.47. The molecule has 25 heavy (non-hydrogen) atoms. The highest BCUT2D eigenvalue weighted by atomic mass is 16.5. The van der Waals surface area contributed by atoms with Crippen molar-refractivity contribution in [3.63, 3.8) is 0 Å². The van der Waals surface area contributed by atoms with Crippen molar-refractivity contribution in [2.24, 2.45) is 0 Å². The quantitative estimate of drug-likeness (QED) is 0.719. The summed E-state index contributed by atoms with van der Waals surface area (Å²) in [6.45, 7) is 10.0. The van der Waals surface area contributed by atoms with E-state index in [0.29, 0.717) is 0 Å². The number of nitrogens with zero attached hydrogens (tertiary/aromatic N) is 5. The first-order valence-electron chi connectivity index (χ1n) is 8.69. The van der Waals surface area contributed by atoms with Crippen LogP contribution in [0.25, 0.3) is 16.7 Å². The molecule has 0 amide bonds. The van der Waals surface area contributed by atoms with E-state index >= 15 is 0 Å². The molecule has 0 aliphatic carbocycles. The van der Waals surface area contributed by atoms with Crippen molar-refractivity contribution in [1.82, 2.24) is 19.7 Å². The normalized spacial score (nSPS) is 21.0. The Morgan fingerprint density at radius 2 is 1.68 bits per heavy atom. The number of aryl methyl sites for hydroxylation is 2. The molecule has 1 fully saturated rings. The van der Waals surface area contributed by atoms with Crippen LogP contribution in [0, 0.1) is 13.8 Å². The molecule has 4 rings (SSSR count). The molecule has 130 valence electrons. The number of benzene rings is 1. The fourth-order valence-electron chi connectivity index (χ4n) is 3.70. The summed E-state index contributed by atoms with van der Waals surface area (Å²) in [5, 5.41) is 5.57. The first-order valence-corrected chi connectivity index (χ1v) is 8.69. The third-order valence-corrected chi connectivity index (χ3v) is 4.51. The highest BCUT2D eigenvalue weighted by Crippen LogP contribution is 2.27. The van der Waals surface area contributed by atoms with Crippen LogP contribution in [0.5, 0.6) is 0 Å². The van der Waals surface area contributed by atoms with E-state index in [2.05, 4.69) is 65.9 Å². The maximum Gasteiger partial charge on any atom is 0.168 e. The van der Waals surface area contributed by atoms with E-state index in [4.69, 9.17) is 4.74 Å². The molecular weight excluding hydrogens is 314 g/mol. The third-order valence-electron chi connectivity index (χ3n) is 4.51. The molecule has 3 aromatic rings. The van der Waals surface area contributed by atoms with Crippen LogP contribution < -0.4 is 4.90 Å². The van der Waals surface area contributed by atoms with Crippen molar-refractivity contribution in [3.05, 3.63) is 41.9 Å². The number of hydrogen-bond donors (Lipinski definition) is 0. The Labute approximate surface area is 147 Å². The molecule has 1 saturated heterocycles. The lowest BCUT2D eigenvalue weighted by Crippen LogP contribution is -2.45. The van der Waals surface area contributed by atoms with E-state index < -0.39 is 0 Å². The van der Waals surface area contributed by atoms with Crippen LogP contribution in [0.2, 0.25) is 0 Å². The van der Waals surface area contributed by atoms with Crippen LogP contribution in [0.15, 0.2) is 30.7 Å². The Balaban J connectivity index is 1.80. The summed E-state index contributed by atoms with van der Waals surface area (Å²) in [6, 6.07) is 6.41. The minimum absolute atomic E-state index is 0.184. The van der Waals surface area contributed by atoms with Gasteiger partial charge in [-0.1, -0.05) is 6.07 Å². The average Bonchev–Trinajstić information content (AvgIpc) is 2.97. The van der Waals surface area contributed by atoms with Gasteiger partial charge in [-0.3, -0.25) is 0 Å². The van der Waals surface area contributed by atoms with Gasteiger partial charge in [-0.05, 0) is 51.0 Å². The first kappa shape index (κ1) is 16.0. The average molecular weight is 337 g/mol. The molecule has 6 nitrogen and oxygen atoms in total. The van der Waals surface area contributed by atoms with Gasteiger partial charge in [-0.2, -0.15) is 5.10 Å². The van der Waals surface area contributed by atoms with Crippen LogP contribution in [-0.2, 0) is 4.74 Å². The topological polar surface area (TPSA) is 56.1 Å². The molecule has 1 aliphatic rings. The molecule has 2 aromatic heterocycles. The van der Waals surface area contributed by atoms with E-state index in [1.165, 1.54) is 11.1 Å². The number of aromatic nitrogens is 4. The minimum Gasteiger partial charge on any atom is -0.372 e. The van der Waals surface area contributed by atoms with Crippen LogP contribution in [-0.4, -0.2) is 45.0 Å². The molecule has 0 radical (unpaired) electrons. The fraction of sp³-hybridized carbons (Fsp3) is 0.421. The van der Waals surface area contributed by atoms with Gasteiger partial charge in [0.05, 0.1) is 29.5 Å². The largest absolute Gasteiger partial charge is 0.372 e. The summed E-state index contributed by atoms with van der Waals surface area (Å²) < 4.78 is 7.74. The van der Waals surface area contributed by atoms with Crippen LogP contribution in [0.3, 0.4) is 0 Å². The van der Waals surface area contributed by atoms with Crippen molar-refractivity contribution in [1.29, 1.82) is 0 Å². The SMILES string of the molecule is Cc1cc(C)cc(-n2ncc3c(N4C[C@@H](C)O[C@@H](C)C4)ncnc32)c1. The lowest BCUT2D eigenvalue weighted by molar-refractivity contribution is -0.00537. The number of rotatable bonds is 2. The van der Waals surface area contributed by atoms with E-state index in [1.807, 2.05) is 10.9 Å². The standard InChI is InChI=1S/C19H23N5O/c1-12-5-13(2)7-16(6-12)24-19-17(8-22-24)18(20-11-21-19)23-9-14(3)25-15(4)10-23/h5-8,11,14-15H,9-10H2,1-4H3/t14-,15+. The molecule has 0 N–H and O–H groups in total. The van der Waals surface area contributed by atoms with Crippen LogP contribution in [0.4, 0.5) is 5.82 Å². The molecule has 1 aromatic carbocycles.